The van der Waals surface area contributed by atoms with Crippen LogP contribution in [0.1, 0.15) is 24.3 Å². The number of alkyl halides is 1. The number of thiol groups is 1. The molecule has 4 nitrogen and oxygen atoms in total. The standard InChI is InChI=1S/C14H15Cl2N3OS/c15-10-4-2-1-3-9(10)12(14(16)5-6-14)11(20)7-19-13(21)17-8-18-19/h1-4,8,11-12,20H,5-7H2,(H,17,18,21). The fourth-order valence-electron chi connectivity index (χ4n) is 2.66. The quantitative estimate of drug-likeness (QED) is 0.647. The van der Waals surface area contributed by atoms with Gasteiger partial charge in [-0.25, -0.2) is 9.67 Å². The topological polar surface area (TPSA) is 50.9 Å². The van der Waals surface area contributed by atoms with Gasteiger partial charge in [0.2, 0.25) is 0 Å². The Morgan fingerprint density at radius 2 is 2.10 bits per heavy atom. The predicted molar refractivity (Wildman–Crippen MR) is 85.3 cm³/mol. The van der Waals surface area contributed by atoms with Crippen LogP contribution in [0.2, 0.25) is 5.02 Å². The number of aromatic nitrogens is 3. The molecule has 1 aromatic carbocycles. The first-order valence-electron chi connectivity index (χ1n) is 6.69. The van der Waals surface area contributed by atoms with Crippen molar-refractivity contribution in [1.29, 1.82) is 0 Å². The van der Waals surface area contributed by atoms with Crippen LogP contribution >= 0.6 is 35.8 Å². The van der Waals surface area contributed by atoms with Crippen LogP contribution in [0.25, 0.3) is 0 Å². The highest BCUT2D eigenvalue weighted by molar-refractivity contribution is 7.80. The molecule has 1 aliphatic rings. The summed E-state index contributed by atoms with van der Waals surface area (Å²) in [6.45, 7) is 0.281. The van der Waals surface area contributed by atoms with Crippen LogP contribution in [-0.4, -0.2) is 30.8 Å². The minimum atomic E-state index is -0.711. The maximum atomic E-state index is 10.7. The van der Waals surface area contributed by atoms with Gasteiger partial charge in [-0.05, 0) is 24.5 Å². The van der Waals surface area contributed by atoms with Crippen molar-refractivity contribution >= 4 is 35.8 Å². The molecule has 1 heterocycles. The molecule has 112 valence electrons. The summed E-state index contributed by atoms with van der Waals surface area (Å²) in [5.74, 6) is -0.246. The summed E-state index contributed by atoms with van der Waals surface area (Å²) in [7, 11) is 0. The van der Waals surface area contributed by atoms with Gasteiger partial charge in [0.1, 0.15) is 6.33 Å². The average molecular weight is 344 g/mol. The SMILES string of the molecule is OC(Cn1ncnc1S)C(c1ccccc1Cl)C1(Cl)CC1. The molecule has 0 amide bonds. The smallest absolute Gasteiger partial charge is 0.182 e. The van der Waals surface area contributed by atoms with E-state index >= 15 is 0 Å². The zero-order valence-electron chi connectivity index (χ0n) is 11.2. The van der Waals surface area contributed by atoms with Gasteiger partial charge in [0.15, 0.2) is 5.16 Å². The summed E-state index contributed by atoms with van der Waals surface area (Å²) in [6, 6.07) is 7.51. The second-order valence-electron chi connectivity index (χ2n) is 5.34. The van der Waals surface area contributed by atoms with E-state index < -0.39 is 11.0 Å². The third-order valence-electron chi connectivity index (χ3n) is 3.87. The maximum Gasteiger partial charge on any atom is 0.182 e. The molecule has 1 N–H and O–H groups in total. The van der Waals surface area contributed by atoms with Crippen LogP contribution in [0.5, 0.6) is 0 Å². The van der Waals surface area contributed by atoms with E-state index in [0.29, 0.717) is 10.2 Å². The lowest BCUT2D eigenvalue weighted by atomic mass is 9.88. The molecule has 0 spiro atoms. The lowest BCUT2D eigenvalue weighted by molar-refractivity contribution is 0.111. The van der Waals surface area contributed by atoms with E-state index in [2.05, 4.69) is 22.7 Å². The van der Waals surface area contributed by atoms with Crippen molar-refractivity contribution < 1.29 is 5.11 Å². The molecule has 0 saturated heterocycles. The van der Waals surface area contributed by atoms with E-state index in [1.54, 1.807) is 4.68 Å². The van der Waals surface area contributed by atoms with Crippen LogP contribution in [0.4, 0.5) is 0 Å². The number of hydrogen-bond acceptors (Lipinski definition) is 4. The van der Waals surface area contributed by atoms with Crippen molar-refractivity contribution in [3.05, 3.63) is 41.2 Å². The van der Waals surface area contributed by atoms with Gasteiger partial charge in [0, 0.05) is 10.9 Å². The first kappa shape index (κ1) is 15.2. The molecule has 1 saturated carbocycles. The predicted octanol–water partition coefficient (Wildman–Crippen LogP) is 3.14. The van der Waals surface area contributed by atoms with Gasteiger partial charge in [-0.2, -0.15) is 5.10 Å². The molecule has 1 aromatic heterocycles. The molecule has 0 radical (unpaired) electrons. The Labute approximate surface area is 138 Å². The van der Waals surface area contributed by atoms with Crippen LogP contribution in [0.15, 0.2) is 35.7 Å². The minimum Gasteiger partial charge on any atom is -0.390 e. The molecule has 3 rings (SSSR count). The molecule has 1 aliphatic carbocycles. The van der Waals surface area contributed by atoms with Crippen LogP contribution < -0.4 is 0 Å². The Hall–Kier alpha value is -0.750. The van der Waals surface area contributed by atoms with E-state index in [9.17, 15) is 5.11 Å². The monoisotopic (exact) mass is 343 g/mol. The Morgan fingerprint density at radius 1 is 1.38 bits per heavy atom. The van der Waals surface area contributed by atoms with Crippen LogP contribution in [0, 0.1) is 0 Å². The highest BCUT2D eigenvalue weighted by Gasteiger charge is 2.51. The van der Waals surface area contributed by atoms with Crippen molar-refractivity contribution in [2.75, 3.05) is 0 Å². The van der Waals surface area contributed by atoms with Gasteiger partial charge in [-0.3, -0.25) is 0 Å². The highest BCUT2D eigenvalue weighted by atomic mass is 35.5. The summed E-state index contributed by atoms with van der Waals surface area (Å²) < 4.78 is 1.56. The molecule has 2 aromatic rings. The molecular weight excluding hydrogens is 329 g/mol. The third-order valence-corrected chi connectivity index (χ3v) is 5.17. The second kappa shape index (κ2) is 5.80. The first-order valence-corrected chi connectivity index (χ1v) is 7.90. The summed E-state index contributed by atoms with van der Waals surface area (Å²) >= 11 is 17.1. The van der Waals surface area contributed by atoms with Gasteiger partial charge in [0.05, 0.1) is 17.5 Å². The number of aliphatic hydroxyl groups excluding tert-OH is 1. The van der Waals surface area contributed by atoms with E-state index in [1.807, 2.05) is 24.3 Å². The van der Waals surface area contributed by atoms with Gasteiger partial charge >= 0.3 is 0 Å². The Morgan fingerprint density at radius 3 is 2.67 bits per heavy atom. The molecule has 0 bridgehead atoms. The summed E-state index contributed by atoms with van der Waals surface area (Å²) in [6.07, 6.45) is 2.43. The minimum absolute atomic E-state index is 0.246. The summed E-state index contributed by atoms with van der Waals surface area (Å²) in [4.78, 5) is 3.51. The van der Waals surface area contributed by atoms with Gasteiger partial charge in [-0.1, -0.05) is 29.8 Å². The van der Waals surface area contributed by atoms with Crippen molar-refractivity contribution in [2.24, 2.45) is 0 Å². The summed E-state index contributed by atoms with van der Waals surface area (Å²) in [5, 5.41) is 15.8. The highest BCUT2D eigenvalue weighted by Crippen LogP contribution is 2.55. The molecule has 0 aliphatic heterocycles. The largest absolute Gasteiger partial charge is 0.390 e. The van der Waals surface area contributed by atoms with Crippen molar-refractivity contribution in [3.8, 4) is 0 Å². The Kier molecular flexibility index (Phi) is 4.19. The third kappa shape index (κ3) is 3.06. The first-order chi connectivity index (χ1) is 10.0. The average Bonchev–Trinajstić information content (AvgIpc) is 3.05. The molecule has 2 unspecified atom stereocenters. The lowest BCUT2D eigenvalue weighted by Crippen LogP contribution is -2.32. The second-order valence-corrected chi connectivity index (χ2v) is 6.90. The molecule has 21 heavy (non-hydrogen) atoms. The van der Waals surface area contributed by atoms with Crippen LogP contribution in [-0.2, 0) is 6.54 Å². The lowest BCUT2D eigenvalue weighted by Gasteiger charge is -2.28. The van der Waals surface area contributed by atoms with Crippen LogP contribution in [0.3, 0.4) is 0 Å². The zero-order chi connectivity index (χ0) is 15.0. The number of halogens is 2. The van der Waals surface area contributed by atoms with E-state index in [1.165, 1.54) is 6.33 Å². The van der Waals surface area contributed by atoms with E-state index in [0.717, 1.165) is 18.4 Å². The number of hydrogen-bond donors (Lipinski definition) is 2. The fourth-order valence-corrected chi connectivity index (χ4v) is 3.45. The van der Waals surface area contributed by atoms with Crippen molar-refractivity contribution in [1.82, 2.24) is 14.8 Å². The maximum absolute atomic E-state index is 10.7. The number of nitrogens with zero attached hydrogens (tertiary/aromatic N) is 3. The zero-order valence-corrected chi connectivity index (χ0v) is 13.6. The van der Waals surface area contributed by atoms with Gasteiger partial charge in [0.25, 0.3) is 0 Å². The van der Waals surface area contributed by atoms with Crippen molar-refractivity contribution in [3.63, 3.8) is 0 Å². The molecule has 7 heteroatoms. The van der Waals surface area contributed by atoms with Crippen molar-refractivity contribution in [2.45, 2.75) is 41.4 Å². The van der Waals surface area contributed by atoms with Gasteiger partial charge < -0.3 is 5.11 Å². The summed E-state index contributed by atoms with van der Waals surface area (Å²) in [5.41, 5.74) is 0.875. The normalized spacial score (nSPS) is 19.2. The van der Waals surface area contributed by atoms with Gasteiger partial charge in [-0.15, -0.1) is 24.2 Å². The van der Waals surface area contributed by atoms with E-state index in [4.69, 9.17) is 23.2 Å². The molecule has 2 atom stereocenters. The molecular formula is C14H15Cl2N3OS. The Balaban J connectivity index is 1.90. The Bertz CT molecular complexity index is 645. The fraction of sp³-hybridized carbons (Fsp3) is 0.429. The number of aliphatic hydroxyl groups is 1. The number of rotatable bonds is 5. The molecule has 1 fully saturated rings. The van der Waals surface area contributed by atoms with E-state index in [-0.39, 0.29) is 12.5 Å². The number of benzene rings is 1.